The molecule has 0 saturated carbocycles. The van der Waals surface area contributed by atoms with Gasteiger partial charge in [0, 0.05) is 4.88 Å². The van der Waals surface area contributed by atoms with Crippen LogP contribution in [-0.2, 0) is 22.4 Å². The zero-order valence-electron chi connectivity index (χ0n) is 12.1. The summed E-state index contributed by atoms with van der Waals surface area (Å²) < 4.78 is 0. The van der Waals surface area contributed by atoms with Crippen molar-refractivity contribution in [2.75, 3.05) is 0 Å². The number of hydrogen-bond donors (Lipinski definition) is 3. The van der Waals surface area contributed by atoms with Crippen molar-refractivity contribution >= 4 is 29.1 Å². The van der Waals surface area contributed by atoms with Crippen molar-refractivity contribution in [3.63, 3.8) is 0 Å². The van der Waals surface area contributed by atoms with Crippen LogP contribution in [0.5, 0.6) is 0 Å². The van der Waals surface area contributed by atoms with E-state index >= 15 is 0 Å². The first kappa shape index (κ1) is 17.2. The van der Waals surface area contributed by atoms with Gasteiger partial charge in [-0.05, 0) is 24.5 Å². The number of aliphatic carboxylic acids is 1. The number of primary amides is 1. The quantitative estimate of drug-likeness (QED) is 0.672. The number of carbonyl (C=O) groups is 3. The number of hydrogen-bond acceptors (Lipinski definition) is 4. The largest absolute Gasteiger partial charge is 0.480 e. The van der Waals surface area contributed by atoms with Crippen LogP contribution in [0.2, 0.25) is 0 Å². The van der Waals surface area contributed by atoms with Crippen LogP contribution in [0.25, 0.3) is 0 Å². The van der Waals surface area contributed by atoms with Crippen molar-refractivity contribution < 1.29 is 19.5 Å². The number of rotatable bonds is 8. The van der Waals surface area contributed by atoms with Crippen molar-refractivity contribution in [3.8, 4) is 0 Å². The summed E-state index contributed by atoms with van der Waals surface area (Å²) >= 11 is 1.37. The molecule has 0 fully saturated rings. The summed E-state index contributed by atoms with van der Waals surface area (Å²) in [6, 6.07) is 0.491. The standard InChI is InChI=1S/C14H20N2O4S/c1-3-5-10-8(4-2)6-11(21-10)13(18)16-9(14(19)20)7-12(15)17/h6,9H,3-5,7H2,1-2H3,(H2,15,17)(H,16,18)(H,19,20). The smallest absolute Gasteiger partial charge is 0.326 e. The summed E-state index contributed by atoms with van der Waals surface area (Å²) in [6.07, 6.45) is 2.27. The average Bonchev–Trinajstić information content (AvgIpc) is 2.81. The molecule has 0 aliphatic heterocycles. The van der Waals surface area contributed by atoms with Crippen molar-refractivity contribution in [3.05, 3.63) is 21.4 Å². The Morgan fingerprint density at radius 1 is 1.38 bits per heavy atom. The molecule has 1 atom stereocenters. The maximum atomic E-state index is 12.1. The van der Waals surface area contributed by atoms with Crippen molar-refractivity contribution in [2.24, 2.45) is 5.73 Å². The molecule has 0 spiro atoms. The predicted octanol–water partition coefficient (Wildman–Crippen LogP) is 1.32. The molecule has 116 valence electrons. The topological polar surface area (TPSA) is 109 Å². The fourth-order valence-corrected chi connectivity index (χ4v) is 3.21. The Balaban J connectivity index is 2.87. The molecular weight excluding hydrogens is 292 g/mol. The van der Waals surface area contributed by atoms with Crippen molar-refractivity contribution in [2.45, 2.75) is 45.6 Å². The third-order valence-electron chi connectivity index (χ3n) is 2.99. The Morgan fingerprint density at radius 3 is 2.52 bits per heavy atom. The molecule has 0 aromatic carbocycles. The van der Waals surface area contributed by atoms with Gasteiger partial charge in [-0.3, -0.25) is 9.59 Å². The second kappa shape index (κ2) is 7.78. The number of nitrogens with two attached hydrogens (primary N) is 1. The molecule has 21 heavy (non-hydrogen) atoms. The summed E-state index contributed by atoms with van der Waals surface area (Å²) in [6.45, 7) is 4.07. The molecule has 1 rings (SSSR count). The molecule has 4 N–H and O–H groups in total. The molecule has 6 nitrogen and oxygen atoms in total. The van der Waals surface area contributed by atoms with E-state index in [1.165, 1.54) is 11.3 Å². The molecule has 1 heterocycles. The molecule has 2 amide bonds. The number of carboxylic acids is 1. The van der Waals surface area contributed by atoms with Gasteiger partial charge in [-0.25, -0.2) is 4.79 Å². The second-order valence-corrected chi connectivity index (χ2v) is 5.83. The first-order chi connectivity index (χ1) is 9.88. The van der Waals surface area contributed by atoms with Crippen molar-refractivity contribution in [1.29, 1.82) is 0 Å². The third-order valence-corrected chi connectivity index (χ3v) is 4.22. The van der Waals surface area contributed by atoms with Crippen LogP contribution in [0.15, 0.2) is 6.07 Å². The average molecular weight is 312 g/mol. The minimum Gasteiger partial charge on any atom is -0.480 e. The highest BCUT2D eigenvalue weighted by atomic mass is 32.1. The molecule has 0 aliphatic rings. The SMILES string of the molecule is CCCc1sc(C(=O)NC(CC(N)=O)C(=O)O)cc1CC. The summed E-state index contributed by atoms with van der Waals surface area (Å²) in [4.78, 5) is 35.6. The van der Waals surface area contributed by atoms with Gasteiger partial charge < -0.3 is 16.2 Å². The minimum absolute atomic E-state index is 0.422. The highest BCUT2D eigenvalue weighted by Gasteiger charge is 2.24. The summed E-state index contributed by atoms with van der Waals surface area (Å²) in [7, 11) is 0. The number of carboxylic acid groups (broad SMARTS) is 1. The van der Waals surface area contributed by atoms with E-state index in [-0.39, 0.29) is 0 Å². The van der Waals surface area contributed by atoms with E-state index in [2.05, 4.69) is 12.2 Å². The number of carbonyl (C=O) groups excluding carboxylic acids is 2. The number of thiophene rings is 1. The zero-order chi connectivity index (χ0) is 16.0. The van der Waals surface area contributed by atoms with Gasteiger partial charge in [0.2, 0.25) is 5.91 Å². The fourth-order valence-electron chi connectivity index (χ4n) is 1.95. The first-order valence-electron chi connectivity index (χ1n) is 6.82. The van der Waals surface area contributed by atoms with Crippen LogP contribution in [0.1, 0.15) is 46.8 Å². The Hall–Kier alpha value is -1.89. The fraction of sp³-hybridized carbons (Fsp3) is 0.500. The van der Waals surface area contributed by atoms with Crippen LogP contribution < -0.4 is 11.1 Å². The van der Waals surface area contributed by atoms with Crippen LogP contribution in [-0.4, -0.2) is 28.9 Å². The normalized spacial score (nSPS) is 11.9. The summed E-state index contributed by atoms with van der Waals surface area (Å²) in [5.74, 6) is -2.52. The molecule has 0 aliphatic carbocycles. The second-order valence-electron chi connectivity index (χ2n) is 4.70. The maximum Gasteiger partial charge on any atom is 0.326 e. The lowest BCUT2D eigenvalue weighted by atomic mass is 10.1. The molecule has 7 heteroatoms. The van der Waals surface area contributed by atoms with Crippen LogP contribution in [0.3, 0.4) is 0 Å². The molecule has 0 radical (unpaired) electrons. The van der Waals surface area contributed by atoms with Gasteiger partial charge >= 0.3 is 5.97 Å². The summed E-state index contributed by atoms with van der Waals surface area (Å²) in [5, 5.41) is 11.3. The lowest BCUT2D eigenvalue weighted by molar-refractivity contribution is -0.140. The van der Waals surface area contributed by atoms with E-state index in [4.69, 9.17) is 10.8 Å². The Bertz CT molecular complexity index is 539. The van der Waals surface area contributed by atoms with Crippen molar-refractivity contribution in [1.82, 2.24) is 5.32 Å². The highest BCUT2D eigenvalue weighted by Crippen LogP contribution is 2.24. The zero-order valence-corrected chi connectivity index (χ0v) is 13.0. The van der Waals surface area contributed by atoms with Gasteiger partial charge in [0.25, 0.3) is 5.91 Å². The Morgan fingerprint density at radius 2 is 2.05 bits per heavy atom. The minimum atomic E-state index is -1.29. The molecule has 0 saturated heterocycles. The Labute approximate surface area is 127 Å². The predicted molar refractivity (Wildman–Crippen MR) is 80.4 cm³/mol. The van der Waals surface area contributed by atoms with Crippen LogP contribution in [0.4, 0.5) is 0 Å². The first-order valence-corrected chi connectivity index (χ1v) is 7.64. The van der Waals surface area contributed by atoms with E-state index in [0.717, 1.165) is 29.7 Å². The van der Waals surface area contributed by atoms with Gasteiger partial charge in [0.05, 0.1) is 11.3 Å². The van der Waals surface area contributed by atoms with Gasteiger partial charge in [-0.15, -0.1) is 11.3 Å². The van der Waals surface area contributed by atoms with Gasteiger partial charge in [0.15, 0.2) is 0 Å². The number of amides is 2. The molecule has 1 aromatic heterocycles. The number of nitrogens with one attached hydrogen (secondary N) is 1. The lowest BCUT2D eigenvalue weighted by Gasteiger charge is -2.11. The molecule has 0 bridgehead atoms. The Kier molecular flexibility index (Phi) is 6.36. The van der Waals surface area contributed by atoms with E-state index < -0.39 is 30.2 Å². The van der Waals surface area contributed by atoms with E-state index in [0.29, 0.717) is 4.88 Å². The van der Waals surface area contributed by atoms with Gasteiger partial charge in [0.1, 0.15) is 6.04 Å². The third kappa shape index (κ3) is 4.86. The van der Waals surface area contributed by atoms with E-state index in [9.17, 15) is 14.4 Å². The van der Waals surface area contributed by atoms with E-state index in [1.54, 1.807) is 6.07 Å². The lowest BCUT2D eigenvalue weighted by Crippen LogP contribution is -2.43. The molecular formula is C14H20N2O4S. The van der Waals surface area contributed by atoms with Gasteiger partial charge in [-0.2, -0.15) is 0 Å². The number of aryl methyl sites for hydroxylation is 2. The van der Waals surface area contributed by atoms with E-state index in [1.807, 2.05) is 6.92 Å². The maximum absolute atomic E-state index is 12.1. The molecule has 1 unspecified atom stereocenters. The van der Waals surface area contributed by atoms with Gasteiger partial charge in [-0.1, -0.05) is 20.3 Å². The molecule has 1 aromatic rings. The monoisotopic (exact) mass is 312 g/mol. The van der Waals surface area contributed by atoms with Crippen LogP contribution in [0, 0.1) is 0 Å². The van der Waals surface area contributed by atoms with Crippen LogP contribution >= 0.6 is 11.3 Å². The highest BCUT2D eigenvalue weighted by molar-refractivity contribution is 7.14. The summed E-state index contributed by atoms with van der Waals surface area (Å²) in [5.41, 5.74) is 6.09.